The van der Waals surface area contributed by atoms with Crippen LogP contribution < -0.4 is 16.6 Å². The highest BCUT2D eigenvalue weighted by atomic mass is 35.5. The number of aromatic amines is 1. The lowest BCUT2D eigenvalue weighted by Crippen LogP contribution is -2.38. The number of carboxylic acid groups (broad SMARTS) is 1. The molecule has 0 bridgehead atoms. The number of rotatable bonds is 9. The first-order chi connectivity index (χ1) is 15.3. The molecule has 11 heteroatoms. The van der Waals surface area contributed by atoms with Crippen LogP contribution in [0.4, 0.5) is 0 Å². The second-order valence-corrected chi connectivity index (χ2v) is 8.75. The third-order valence-electron chi connectivity index (χ3n) is 4.57. The van der Waals surface area contributed by atoms with E-state index in [0.29, 0.717) is 28.0 Å². The average Bonchev–Trinajstić information content (AvgIpc) is 2.75. The molecule has 2 unspecified atom stereocenters. The minimum absolute atomic E-state index is 0.283. The number of aromatic nitrogens is 3. The Hall–Kier alpha value is -2.59. The summed E-state index contributed by atoms with van der Waals surface area (Å²) >= 11 is 14.1. The number of hydrogen-bond donors (Lipinski definition) is 3. The molecule has 1 aromatic heterocycles. The van der Waals surface area contributed by atoms with E-state index in [-0.39, 0.29) is 5.25 Å². The summed E-state index contributed by atoms with van der Waals surface area (Å²) in [4.78, 5) is 37.0. The average molecular weight is 495 g/mol. The minimum atomic E-state index is -0.931. The van der Waals surface area contributed by atoms with Gasteiger partial charge < -0.3 is 10.4 Å². The Morgan fingerprint density at radius 3 is 2.53 bits per heavy atom. The van der Waals surface area contributed by atoms with Crippen molar-refractivity contribution >= 4 is 40.9 Å². The van der Waals surface area contributed by atoms with Crippen LogP contribution in [0.15, 0.2) is 58.3 Å². The molecule has 0 amide bonds. The van der Waals surface area contributed by atoms with Gasteiger partial charge in [0, 0.05) is 15.8 Å². The predicted molar refractivity (Wildman–Crippen MR) is 126 cm³/mol. The van der Waals surface area contributed by atoms with Crippen LogP contribution >= 0.6 is 35.0 Å². The molecule has 0 fully saturated rings. The molecule has 0 saturated heterocycles. The molecule has 32 heavy (non-hydrogen) atoms. The fourth-order valence-corrected chi connectivity index (χ4v) is 4.91. The first kappa shape index (κ1) is 24.1. The molecule has 0 radical (unpaired) electrons. The summed E-state index contributed by atoms with van der Waals surface area (Å²) in [5, 5.41) is 16.9. The molecule has 2 aromatic carbocycles. The van der Waals surface area contributed by atoms with Gasteiger partial charge in [0.2, 0.25) is 0 Å². The van der Waals surface area contributed by atoms with Gasteiger partial charge in [-0.2, -0.15) is 9.78 Å². The number of likely N-dealkylation sites (N-methyl/N-ethyl adjacent to an activating group) is 1. The van der Waals surface area contributed by atoms with Crippen molar-refractivity contribution in [1.29, 1.82) is 0 Å². The summed E-state index contributed by atoms with van der Waals surface area (Å²) in [5.74, 6) is -0.630. The number of H-pyrrole nitrogens is 1. The first-order valence-corrected chi connectivity index (χ1v) is 11.4. The Morgan fingerprint density at radius 1 is 1.22 bits per heavy atom. The summed E-state index contributed by atoms with van der Waals surface area (Å²) in [6.45, 7) is 2.37. The number of hydrogen-bond acceptors (Lipinski definition) is 6. The molecule has 2 atom stereocenters. The zero-order valence-corrected chi connectivity index (χ0v) is 19.2. The molecule has 3 rings (SSSR count). The van der Waals surface area contributed by atoms with Gasteiger partial charge in [-0.1, -0.05) is 48.3 Å². The van der Waals surface area contributed by atoms with E-state index in [1.165, 1.54) is 11.8 Å². The molecule has 3 N–H and O–H groups in total. The Morgan fingerprint density at radius 2 is 1.94 bits per heavy atom. The van der Waals surface area contributed by atoms with Crippen LogP contribution in [0, 0.1) is 0 Å². The van der Waals surface area contributed by atoms with E-state index in [9.17, 15) is 19.5 Å². The van der Waals surface area contributed by atoms with Crippen LogP contribution in [0.1, 0.15) is 23.3 Å². The predicted octanol–water partition coefficient (Wildman–Crippen LogP) is 3.11. The SMILES string of the molecule is CCNC(CSC(c1ccc(Cl)cc1)c1ccc(-n2ncc(=O)[nH]c2=O)cc1Cl)C(=O)O. The first-order valence-electron chi connectivity index (χ1n) is 9.62. The molecule has 0 saturated carbocycles. The highest BCUT2D eigenvalue weighted by Gasteiger charge is 2.23. The molecule has 0 aliphatic heterocycles. The quantitative estimate of drug-likeness (QED) is 0.418. The smallest absolute Gasteiger partial charge is 0.349 e. The molecular formula is C21H20Cl2N4O4S. The number of nitrogens with one attached hydrogen (secondary N) is 2. The van der Waals surface area contributed by atoms with E-state index in [1.807, 2.05) is 19.1 Å². The number of carbonyl (C=O) groups is 1. The van der Waals surface area contributed by atoms with Crippen molar-refractivity contribution in [3.8, 4) is 5.69 Å². The van der Waals surface area contributed by atoms with Gasteiger partial charge in [-0.3, -0.25) is 14.6 Å². The van der Waals surface area contributed by atoms with Gasteiger partial charge >= 0.3 is 11.7 Å². The van der Waals surface area contributed by atoms with E-state index in [0.717, 1.165) is 22.0 Å². The van der Waals surface area contributed by atoms with Crippen molar-refractivity contribution in [2.24, 2.45) is 0 Å². The molecule has 0 aliphatic carbocycles. The number of aliphatic carboxylic acids is 1. The Bertz CT molecular complexity index is 1210. The summed E-state index contributed by atoms with van der Waals surface area (Å²) in [6.07, 6.45) is 1.00. The molecule has 1 heterocycles. The van der Waals surface area contributed by atoms with Gasteiger partial charge in [-0.15, -0.1) is 11.8 Å². The van der Waals surface area contributed by atoms with Crippen molar-refractivity contribution in [2.75, 3.05) is 12.3 Å². The van der Waals surface area contributed by atoms with E-state index in [2.05, 4.69) is 15.4 Å². The van der Waals surface area contributed by atoms with Crippen molar-refractivity contribution in [1.82, 2.24) is 20.1 Å². The number of nitrogens with zero attached hydrogens (tertiary/aromatic N) is 2. The normalized spacial score (nSPS) is 13.0. The highest BCUT2D eigenvalue weighted by molar-refractivity contribution is 7.99. The van der Waals surface area contributed by atoms with Crippen molar-refractivity contribution in [2.45, 2.75) is 18.2 Å². The standard InChI is InChI=1S/C21H20Cl2N4O4S/c1-2-24-17(20(29)30)11-32-19(12-3-5-13(22)6-4-12)15-8-7-14(9-16(15)23)27-21(31)26-18(28)10-25-27/h3-10,17,19,24H,2,11H2,1H3,(H,29,30)(H,26,28,31). The zero-order valence-electron chi connectivity index (χ0n) is 16.9. The van der Waals surface area contributed by atoms with Crippen molar-refractivity contribution < 1.29 is 9.90 Å². The molecular weight excluding hydrogens is 475 g/mol. The lowest BCUT2D eigenvalue weighted by Gasteiger charge is -2.22. The van der Waals surface area contributed by atoms with Crippen LogP contribution in [0.3, 0.4) is 0 Å². The fraction of sp³-hybridized carbons (Fsp3) is 0.238. The van der Waals surface area contributed by atoms with Gasteiger partial charge in [0.15, 0.2) is 0 Å². The topological polar surface area (TPSA) is 117 Å². The summed E-state index contributed by atoms with van der Waals surface area (Å²) in [6, 6.07) is 11.5. The van der Waals surface area contributed by atoms with Gasteiger partial charge in [0.05, 0.1) is 10.9 Å². The van der Waals surface area contributed by atoms with Crippen molar-refractivity contribution in [3.05, 3.63) is 90.7 Å². The number of benzene rings is 2. The lowest BCUT2D eigenvalue weighted by molar-refractivity contribution is -0.138. The molecule has 0 aliphatic rings. The van der Waals surface area contributed by atoms with Gasteiger partial charge in [-0.05, 0) is 41.9 Å². The largest absolute Gasteiger partial charge is 0.480 e. The van der Waals surface area contributed by atoms with E-state index < -0.39 is 23.3 Å². The minimum Gasteiger partial charge on any atom is -0.480 e. The molecule has 0 spiro atoms. The van der Waals surface area contributed by atoms with Gasteiger partial charge in [-0.25, -0.2) is 4.79 Å². The van der Waals surface area contributed by atoms with E-state index >= 15 is 0 Å². The summed E-state index contributed by atoms with van der Waals surface area (Å²) in [5.41, 5.74) is 0.743. The molecule has 8 nitrogen and oxygen atoms in total. The number of thioether (sulfide) groups is 1. The van der Waals surface area contributed by atoms with Gasteiger partial charge in [0.1, 0.15) is 12.2 Å². The van der Waals surface area contributed by atoms with Gasteiger partial charge in [0.25, 0.3) is 5.56 Å². The number of halogens is 2. The van der Waals surface area contributed by atoms with E-state index in [1.54, 1.807) is 30.3 Å². The monoisotopic (exact) mass is 494 g/mol. The van der Waals surface area contributed by atoms with Crippen molar-refractivity contribution in [3.63, 3.8) is 0 Å². The maximum Gasteiger partial charge on any atom is 0.349 e. The molecule has 3 aromatic rings. The van der Waals surface area contributed by atoms with Crippen LogP contribution in [0.2, 0.25) is 10.0 Å². The maximum atomic E-state index is 12.0. The van der Waals surface area contributed by atoms with Crippen LogP contribution in [-0.2, 0) is 4.79 Å². The third kappa shape index (κ3) is 5.80. The Kier molecular flexibility index (Phi) is 8.14. The van der Waals surface area contributed by atoms with E-state index in [4.69, 9.17) is 23.2 Å². The zero-order chi connectivity index (χ0) is 23.3. The summed E-state index contributed by atoms with van der Waals surface area (Å²) < 4.78 is 1.03. The van der Waals surface area contributed by atoms with Crippen LogP contribution in [0.5, 0.6) is 0 Å². The second-order valence-electron chi connectivity index (χ2n) is 6.77. The third-order valence-corrected chi connectivity index (χ3v) is 6.54. The lowest BCUT2D eigenvalue weighted by atomic mass is 10.0. The second kappa shape index (κ2) is 10.8. The number of carboxylic acids is 1. The fourth-order valence-electron chi connectivity index (χ4n) is 3.06. The Labute approximate surface area is 197 Å². The van der Waals surface area contributed by atoms with Crippen LogP contribution in [0.25, 0.3) is 5.69 Å². The van der Waals surface area contributed by atoms with Crippen LogP contribution in [-0.4, -0.2) is 44.2 Å². The maximum absolute atomic E-state index is 12.0. The Balaban J connectivity index is 1.98. The highest BCUT2D eigenvalue weighted by Crippen LogP contribution is 2.40. The molecule has 168 valence electrons. The summed E-state index contributed by atoms with van der Waals surface area (Å²) in [7, 11) is 0.